The van der Waals surface area contributed by atoms with Crippen LogP contribution in [0.25, 0.3) is 5.65 Å². The summed E-state index contributed by atoms with van der Waals surface area (Å²) in [5.41, 5.74) is 2.98. The number of carbonyl (C=O) groups is 2. The van der Waals surface area contributed by atoms with Gasteiger partial charge in [0.25, 0.3) is 5.91 Å². The van der Waals surface area contributed by atoms with Crippen LogP contribution in [-0.4, -0.2) is 68.7 Å². The number of fused-ring (bicyclic) bond motifs is 1. The molecular formula is C17H21N5O3. The molecule has 2 aromatic rings. The fourth-order valence-corrected chi connectivity index (χ4v) is 3.86. The Morgan fingerprint density at radius 2 is 2.04 bits per heavy atom. The van der Waals surface area contributed by atoms with Crippen molar-refractivity contribution in [3.63, 3.8) is 0 Å². The Balaban J connectivity index is 1.68. The maximum atomic E-state index is 13.1. The molecule has 0 aliphatic carbocycles. The predicted molar refractivity (Wildman–Crippen MR) is 89.6 cm³/mol. The van der Waals surface area contributed by atoms with Crippen molar-refractivity contribution in [2.75, 3.05) is 26.7 Å². The van der Waals surface area contributed by atoms with Gasteiger partial charge in [0.05, 0.1) is 18.8 Å². The van der Waals surface area contributed by atoms with Gasteiger partial charge in [0.2, 0.25) is 0 Å². The van der Waals surface area contributed by atoms with Crippen molar-refractivity contribution in [2.24, 2.45) is 0 Å². The molecule has 132 valence electrons. The zero-order chi connectivity index (χ0) is 17.9. The van der Waals surface area contributed by atoms with Gasteiger partial charge in [-0.1, -0.05) is 0 Å². The Hall–Kier alpha value is -2.64. The highest BCUT2D eigenvalue weighted by molar-refractivity contribution is 6.01. The van der Waals surface area contributed by atoms with Crippen LogP contribution in [0.4, 0.5) is 4.79 Å². The van der Waals surface area contributed by atoms with E-state index in [1.165, 1.54) is 0 Å². The maximum absolute atomic E-state index is 13.1. The molecule has 0 N–H and O–H groups in total. The quantitative estimate of drug-likeness (QED) is 0.780. The number of aryl methyl sites for hydroxylation is 3. The van der Waals surface area contributed by atoms with Crippen LogP contribution in [0.3, 0.4) is 0 Å². The molecule has 2 saturated heterocycles. The van der Waals surface area contributed by atoms with Crippen LogP contribution in [0.5, 0.6) is 0 Å². The lowest BCUT2D eigenvalue weighted by Gasteiger charge is -2.21. The summed E-state index contributed by atoms with van der Waals surface area (Å²) < 4.78 is 7.25. The SMILES string of the molecule is Cc1cc(C)n2nc(C)c(C(=O)N3CC[C@@]4(CN(C)C(=O)O4)C3)c2n1. The summed E-state index contributed by atoms with van der Waals surface area (Å²) in [4.78, 5) is 32.7. The van der Waals surface area contributed by atoms with E-state index in [1.807, 2.05) is 26.8 Å². The molecule has 0 radical (unpaired) electrons. The van der Waals surface area contributed by atoms with Crippen LogP contribution in [0.15, 0.2) is 6.07 Å². The smallest absolute Gasteiger partial charge is 0.410 e. The zero-order valence-electron chi connectivity index (χ0n) is 14.9. The first-order chi connectivity index (χ1) is 11.8. The van der Waals surface area contributed by atoms with Crippen molar-refractivity contribution in [2.45, 2.75) is 32.8 Å². The summed E-state index contributed by atoms with van der Waals surface area (Å²) in [5.74, 6) is -0.104. The summed E-state index contributed by atoms with van der Waals surface area (Å²) >= 11 is 0. The molecule has 1 spiro atoms. The number of aromatic nitrogens is 3. The van der Waals surface area contributed by atoms with Crippen LogP contribution in [0.1, 0.15) is 33.9 Å². The molecule has 0 aromatic carbocycles. The summed E-state index contributed by atoms with van der Waals surface area (Å²) in [5, 5.41) is 4.47. The van der Waals surface area contributed by atoms with Gasteiger partial charge < -0.3 is 14.5 Å². The van der Waals surface area contributed by atoms with Crippen molar-refractivity contribution in [3.05, 3.63) is 28.7 Å². The molecule has 2 fully saturated rings. The summed E-state index contributed by atoms with van der Waals surface area (Å²) in [6.07, 6.45) is 0.327. The molecule has 2 amide bonds. The molecule has 1 atom stereocenters. The van der Waals surface area contributed by atoms with Crippen molar-refractivity contribution in [1.82, 2.24) is 24.4 Å². The fraction of sp³-hybridized carbons (Fsp3) is 0.529. The van der Waals surface area contributed by atoms with E-state index in [2.05, 4.69) is 10.1 Å². The Morgan fingerprint density at radius 1 is 1.28 bits per heavy atom. The first-order valence-corrected chi connectivity index (χ1v) is 8.37. The minimum atomic E-state index is -0.586. The zero-order valence-corrected chi connectivity index (χ0v) is 14.9. The largest absolute Gasteiger partial charge is 0.439 e. The Bertz CT molecular complexity index is 905. The van der Waals surface area contributed by atoms with Crippen molar-refractivity contribution in [1.29, 1.82) is 0 Å². The van der Waals surface area contributed by atoms with Gasteiger partial charge in [0, 0.05) is 31.4 Å². The van der Waals surface area contributed by atoms with Gasteiger partial charge in [-0.15, -0.1) is 0 Å². The molecule has 8 heteroatoms. The number of amides is 2. The van der Waals surface area contributed by atoms with Gasteiger partial charge in [-0.05, 0) is 26.8 Å². The minimum Gasteiger partial charge on any atom is -0.439 e. The second kappa shape index (κ2) is 5.18. The molecule has 4 heterocycles. The third-order valence-electron chi connectivity index (χ3n) is 5.03. The third kappa shape index (κ3) is 2.35. The lowest BCUT2D eigenvalue weighted by atomic mass is 10.0. The van der Waals surface area contributed by atoms with Crippen molar-refractivity contribution in [3.8, 4) is 0 Å². The van der Waals surface area contributed by atoms with Gasteiger partial charge in [-0.25, -0.2) is 14.3 Å². The number of likely N-dealkylation sites (tertiary alicyclic amines) is 1. The second-order valence-corrected chi connectivity index (χ2v) is 7.12. The van der Waals surface area contributed by atoms with Crippen LogP contribution in [-0.2, 0) is 4.74 Å². The number of hydrogen-bond donors (Lipinski definition) is 0. The first kappa shape index (κ1) is 15.9. The van der Waals surface area contributed by atoms with Gasteiger partial charge >= 0.3 is 6.09 Å². The van der Waals surface area contributed by atoms with E-state index >= 15 is 0 Å². The monoisotopic (exact) mass is 343 g/mol. The Labute approximate surface area is 145 Å². The summed E-state index contributed by atoms with van der Waals surface area (Å²) in [6.45, 7) is 7.15. The van der Waals surface area contributed by atoms with Crippen LogP contribution < -0.4 is 0 Å². The first-order valence-electron chi connectivity index (χ1n) is 8.37. The molecule has 0 bridgehead atoms. The number of hydrogen-bond acceptors (Lipinski definition) is 5. The highest BCUT2D eigenvalue weighted by Crippen LogP contribution is 2.33. The normalized spacial score (nSPS) is 23.1. The molecule has 8 nitrogen and oxygen atoms in total. The number of ether oxygens (including phenoxy) is 1. The van der Waals surface area contributed by atoms with Gasteiger partial charge in [0.1, 0.15) is 5.56 Å². The molecule has 0 saturated carbocycles. The number of rotatable bonds is 1. The average Bonchev–Trinajstić information content (AvgIpc) is 3.16. The fourth-order valence-electron chi connectivity index (χ4n) is 3.86. The topological polar surface area (TPSA) is 80.0 Å². The van der Waals surface area contributed by atoms with Crippen molar-refractivity contribution < 1.29 is 14.3 Å². The minimum absolute atomic E-state index is 0.104. The van der Waals surface area contributed by atoms with Gasteiger partial charge in [-0.3, -0.25) is 4.79 Å². The van der Waals surface area contributed by atoms with E-state index < -0.39 is 5.60 Å². The van der Waals surface area contributed by atoms with E-state index in [0.717, 1.165) is 11.4 Å². The molecule has 25 heavy (non-hydrogen) atoms. The highest BCUT2D eigenvalue weighted by Gasteiger charge is 2.50. The average molecular weight is 343 g/mol. The van der Waals surface area contributed by atoms with E-state index in [1.54, 1.807) is 21.4 Å². The maximum Gasteiger partial charge on any atom is 0.410 e. The molecule has 2 aliphatic heterocycles. The van der Waals surface area contributed by atoms with Gasteiger partial charge in [0.15, 0.2) is 11.2 Å². The molecule has 0 unspecified atom stereocenters. The highest BCUT2D eigenvalue weighted by atomic mass is 16.6. The molecule has 2 aliphatic rings. The van der Waals surface area contributed by atoms with E-state index in [9.17, 15) is 9.59 Å². The Morgan fingerprint density at radius 3 is 2.72 bits per heavy atom. The second-order valence-electron chi connectivity index (χ2n) is 7.12. The van der Waals surface area contributed by atoms with Gasteiger partial charge in [-0.2, -0.15) is 5.10 Å². The van der Waals surface area contributed by atoms with Crippen LogP contribution in [0.2, 0.25) is 0 Å². The summed E-state index contributed by atoms with van der Waals surface area (Å²) in [7, 11) is 1.71. The standard InChI is InChI=1S/C17H21N5O3/c1-10-7-11(2)22-14(18-10)13(12(3)19-22)15(23)21-6-5-17(9-21)8-20(4)16(24)25-17/h7H,5-6,8-9H2,1-4H3/t17-/m1/s1. The Kier molecular flexibility index (Phi) is 3.28. The van der Waals surface area contributed by atoms with E-state index in [0.29, 0.717) is 43.0 Å². The lowest BCUT2D eigenvalue weighted by molar-refractivity contribution is 0.0553. The molecular weight excluding hydrogens is 322 g/mol. The third-order valence-corrected chi connectivity index (χ3v) is 5.03. The lowest BCUT2D eigenvalue weighted by Crippen LogP contribution is -2.39. The molecule has 2 aromatic heterocycles. The number of carbonyl (C=O) groups excluding carboxylic acids is 2. The van der Waals surface area contributed by atoms with Crippen LogP contribution in [0, 0.1) is 20.8 Å². The van der Waals surface area contributed by atoms with E-state index in [4.69, 9.17) is 4.74 Å². The molecule has 4 rings (SSSR count). The number of nitrogens with zero attached hydrogens (tertiary/aromatic N) is 5. The van der Waals surface area contributed by atoms with Crippen LogP contribution >= 0.6 is 0 Å². The van der Waals surface area contributed by atoms with E-state index in [-0.39, 0.29) is 12.0 Å². The summed E-state index contributed by atoms with van der Waals surface area (Å²) in [6, 6.07) is 1.94. The number of likely N-dealkylation sites (N-methyl/N-ethyl adjacent to an activating group) is 1. The van der Waals surface area contributed by atoms with Crippen molar-refractivity contribution >= 4 is 17.6 Å². The predicted octanol–water partition coefficient (Wildman–Crippen LogP) is 1.32.